The van der Waals surface area contributed by atoms with Crippen molar-refractivity contribution in [1.29, 1.82) is 0 Å². The van der Waals surface area contributed by atoms with Crippen LogP contribution in [0.15, 0.2) is 0 Å². The van der Waals surface area contributed by atoms with E-state index >= 15 is 0 Å². The Balaban J connectivity index is 3.29. The molecule has 0 bridgehead atoms. The van der Waals surface area contributed by atoms with Crippen LogP contribution in [0.25, 0.3) is 0 Å². The summed E-state index contributed by atoms with van der Waals surface area (Å²) in [5, 5.41) is 9.00. The largest absolute Gasteiger partial charge is 0.390 e. The summed E-state index contributed by atoms with van der Waals surface area (Å²) >= 11 is 0. The Morgan fingerprint density at radius 1 is 1.62 bits per heavy atom. The minimum absolute atomic E-state index is 0.0278. The van der Waals surface area contributed by atoms with E-state index in [0.717, 1.165) is 6.42 Å². The molecule has 1 N–H and O–H groups in total. The SMILES string of the molecule is CC[C@@H](O)[C@H](C)OC. The number of ether oxygens (including phenoxy) is 1. The molecule has 0 saturated heterocycles. The first kappa shape index (κ1) is 7.92. The van der Waals surface area contributed by atoms with E-state index in [4.69, 9.17) is 9.84 Å². The summed E-state index contributed by atoms with van der Waals surface area (Å²) in [4.78, 5) is 0. The molecule has 0 aromatic rings. The van der Waals surface area contributed by atoms with Gasteiger partial charge < -0.3 is 9.84 Å². The Morgan fingerprint density at radius 2 is 2.12 bits per heavy atom. The van der Waals surface area contributed by atoms with Gasteiger partial charge >= 0.3 is 0 Å². The summed E-state index contributed by atoms with van der Waals surface area (Å²) in [6.45, 7) is 3.79. The Bertz CT molecular complexity index is 46.5. The summed E-state index contributed by atoms with van der Waals surface area (Å²) in [6.07, 6.45) is 0.426. The lowest BCUT2D eigenvalue weighted by Crippen LogP contribution is -2.23. The topological polar surface area (TPSA) is 29.5 Å². The van der Waals surface area contributed by atoms with E-state index in [2.05, 4.69) is 0 Å². The predicted octanol–water partition coefficient (Wildman–Crippen LogP) is 0.792. The highest BCUT2D eigenvalue weighted by molar-refractivity contribution is 4.59. The molecule has 0 saturated carbocycles. The Morgan fingerprint density at radius 3 is 2.25 bits per heavy atom. The maximum atomic E-state index is 9.00. The minimum atomic E-state index is -0.306. The first-order chi connectivity index (χ1) is 3.72. The van der Waals surface area contributed by atoms with Crippen LogP contribution in [0.2, 0.25) is 0 Å². The van der Waals surface area contributed by atoms with Crippen molar-refractivity contribution >= 4 is 0 Å². The standard InChI is InChI=1S/C6H14O2/c1-4-6(7)5(2)8-3/h5-7H,4H2,1-3H3/t5-,6+/m0/s1. The van der Waals surface area contributed by atoms with Gasteiger partial charge in [0.05, 0.1) is 12.2 Å². The van der Waals surface area contributed by atoms with Gasteiger partial charge in [-0.05, 0) is 13.3 Å². The zero-order chi connectivity index (χ0) is 6.57. The fourth-order valence-corrected chi connectivity index (χ4v) is 0.489. The smallest absolute Gasteiger partial charge is 0.0801 e. The Hall–Kier alpha value is -0.0800. The van der Waals surface area contributed by atoms with E-state index in [9.17, 15) is 0 Å². The average molecular weight is 118 g/mol. The summed E-state index contributed by atoms with van der Waals surface area (Å²) in [7, 11) is 1.60. The van der Waals surface area contributed by atoms with E-state index in [-0.39, 0.29) is 12.2 Å². The van der Waals surface area contributed by atoms with Gasteiger partial charge in [0.2, 0.25) is 0 Å². The highest BCUT2D eigenvalue weighted by Crippen LogP contribution is 1.99. The lowest BCUT2D eigenvalue weighted by Gasteiger charge is -2.14. The third-order valence-electron chi connectivity index (χ3n) is 1.33. The van der Waals surface area contributed by atoms with Gasteiger partial charge in [-0.25, -0.2) is 0 Å². The molecule has 0 aliphatic rings. The van der Waals surface area contributed by atoms with Crippen LogP contribution in [-0.4, -0.2) is 24.4 Å². The molecular weight excluding hydrogens is 104 g/mol. The van der Waals surface area contributed by atoms with E-state index in [1.807, 2.05) is 13.8 Å². The number of aliphatic hydroxyl groups is 1. The van der Waals surface area contributed by atoms with Gasteiger partial charge in [0.1, 0.15) is 0 Å². The Kier molecular flexibility index (Phi) is 3.83. The zero-order valence-corrected chi connectivity index (χ0v) is 5.72. The second-order valence-corrected chi connectivity index (χ2v) is 1.92. The van der Waals surface area contributed by atoms with Crippen molar-refractivity contribution in [3.63, 3.8) is 0 Å². The minimum Gasteiger partial charge on any atom is -0.390 e. The normalized spacial score (nSPS) is 18.0. The van der Waals surface area contributed by atoms with E-state index in [1.165, 1.54) is 0 Å². The van der Waals surface area contributed by atoms with Crippen LogP contribution >= 0.6 is 0 Å². The van der Waals surface area contributed by atoms with Crippen LogP contribution in [0.5, 0.6) is 0 Å². The fraction of sp³-hybridized carbons (Fsp3) is 1.00. The molecule has 0 aromatic heterocycles. The summed E-state index contributed by atoms with van der Waals surface area (Å²) in [5.41, 5.74) is 0. The van der Waals surface area contributed by atoms with E-state index in [0.29, 0.717) is 0 Å². The molecule has 0 aliphatic carbocycles. The maximum absolute atomic E-state index is 9.00. The predicted molar refractivity (Wildman–Crippen MR) is 32.8 cm³/mol. The van der Waals surface area contributed by atoms with Gasteiger partial charge in [0.15, 0.2) is 0 Å². The van der Waals surface area contributed by atoms with Gasteiger partial charge in [0, 0.05) is 7.11 Å². The van der Waals surface area contributed by atoms with Gasteiger partial charge in [0.25, 0.3) is 0 Å². The van der Waals surface area contributed by atoms with Gasteiger partial charge in [-0.3, -0.25) is 0 Å². The summed E-state index contributed by atoms with van der Waals surface area (Å²) in [6, 6.07) is 0. The van der Waals surface area contributed by atoms with Crippen LogP contribution < -0.4 is 0 Å². The average Bonchev–Trinajstić information content (AvgIpc) is 1.84. The lowest BCUT2D eigenvalue weighted by molar-refractivity contribution is -0.00166. The molecule has 0 unspecified atom stereocenters. The molecule has 8 heavy (non-hydrogen) atoms. The van der Waals surface area contributed by atoms with Crippen LogP contribution in [0.3, 0.4) is 0 Å². The number of hydrogen-bond donors (Lipinski definition) is 1. The third-order valence-corrected chi connectivity index (χ3v) is 1.33. The van der Waals surface area contributed by atoms with Crippen LogP contribution in [-0.2, 0) is 4.74 Å². The van der Waals surface area contributed by atoms with E-state index < -0.39 is 0 Å². The van der Waals surface area contributed by atoms with Crippen LogP contribution in [0.1, 0.15) is 20.3 Å². The molecule has 0 spiro atoms. The molecule has 2 heteroatoms. The van der Waals surface area contributed by atoms with Crippen molar-refractivity contribution in [3.05, 3.63) is 0 Å². The van der Waals surface area contributed by atoms with Crippen molar-refractivity contribution < 1.29 is 9.84 Å². The summed E-state index contributed by atoms with van der Waals surface area (Å²) < 4.78 is 4.85. The zero-order valence-electron chi connectivity index (χ0n) is 5.72. The molecule has 2 nitrogen and oxygen atoms in total. The Labute approximate surface area is 50.5 Å². The molecule has 0 fully saturated rings. The molecule has 0 rings (SSSR count). The first-order valence-corrected chi connectivity index (χ1v) is 2.93. The highest BCUT2D eigenvalue weighted by Gasteiger charge is 2.08. The maximum Gasteiger partial charge on any atom is 0.0801 e. The van der Waals surface area contributed by atoms with Gasteiger partial charge in [-0.2, -0.15) is 0 Å². The van der Waals surface area contributed by atoms with Crippen LogP contribution in [0, 0.1) is 0 Å². The highest BCUT2D eigenvalue weighted by atomic mass is 16.5. The molecule has 2 atom stereocenters. The second kappa shape index (κ2) is 3.87. The quantitative estimate of drug-likeness (QED) is 0.593. The van der Waals surface area contributed by atoms with Crippen molar-refractivity contribution in [1.82, 2.24) is 0 Å². The van der Waals surface area contributed by atoms with Crippen molar-refractivity contribution in [2.45, 2.75) is 32.5 Å². The number of hydrogen-bond acceptors (Lipinski definition) is 2. The lowest BCUT2D eigenvalue weighted by atomic mass is 10.2. The molecular formula is C6H14O2. The fourth-order valence-electron chi connectivity index (χ4n) is 0.489. The molecule has 0 amide bonds. The third kappa shape index (κ3) is 2.28. The summed E-state index contributed by atoms with van der Waals surface area (Å²) in [5.74, 6) is 0. The van der Waals surface area contributed by atoms with Crippen molar-refractivity contribution in [2.24, 2.45) is 0 Å². The van der Waals surface area contributed by atoms with Gasteiger partial charge in [-0.15, -0.1) is 0 Å². The van der Waals surface area contributed by atoms with E-state index in [1.54, 1.807) is 7.11 Å². The molecule has 0 aromatic carbocycles. The van der Waals surface area contributed by atoms with Crippen LogP contribution in [0.4, 0.5) is 0 Å². The first-order valence-electron chi connectivity index (χ1n) is 2.93. The number of methoxy groups -OCH3 is 1. The van der Waals surface area contributed by atoms with Gasteiger partial charge in [-0.1, -0.05) is 6.92 Å². The van der Waals surface area contributed by atoms with Crippen molar-refractivity contribution in [2.75, 3.05) is 7.11 Å². The molecule has 0 aliphatic heterocycles. The number of aliphatic hydroxyl groups excluding tert-OH is 1. The monoisotopic (exact) mass is 118 g/mol. The second-order valence-electron chi connectivity index (χ2n) is 1.92. The molecule has 0 radical (unpaired) electrons. The number of rotatable bonds is 3. The molecule has 50 valence electrons. The van der Waals surface area contributed by atoms with Crippen molar-refractivity contribution in [3.8, 4) is 0 Å². The molecule has 0 heterocycles.